The van der Waals surface area contributed by atoms with Gasteiger partial charge in [-0.25, -0.2) is 0 Å². The van der Waals surface area contributed by atoms with Crippen LogP contribution in [0, 0.1) is 28.1 Å². The van der Waals surface area contributed by atoms with Crippen molar-refractivity contribution in [3.8, 4) is 0 Å². The maximum Gasteiger partial charge on any atom is 0.308 e. The van der Waals surface area contributed by atoms with Gasteiger partial charge in [0.05, 0.1) is 11.3 Å². The number of likely N-dealkylation sites (tertiary alicyclic amines) is 1. The van der Waals surface area contributed by atoms with Gasteiger partial charge in [0.2, 0.25) is 5.91 Å². The van der Waals surface area contributed by atoms with Gasteiger partial charge in [0.15, 0.2) is 0 Å². The van der Waals surface area contributed by atoms with Gasteiger partial charge in [-0.1, -0.05) is 13.8 Å². The number of hydrogen-bond donors (Lipinski definition) is 1. The SMILES string of the molecule is CC1C(C(=O)O)CCN1C(=O)C12CC3CC(C)(CC(C)(C3)C1)C2. The highest BCUT2D eigenvalue weighted by molar-refractivity contribution is 5.85. The summed E-state index contributed by atoms with van der Waals surface area (Å²) in [6, 6.07) is -0.159. The molecule has 4 saturated carbocycles. The van der Waals surface area contributed by atoms with Crippen molar-refractivity contribution < 1.29 is 14.7 Å². The van der Waals surface area contributed by atoms with E-state index in [0.29, 0.717) is 29.7 Å². The van der Waals surface area contributed by atoms with Gasteiger partial charge in [-0.3, -0.25) is 9.59 Å². The van der Waals surface area contributed by atoms with E-state index in [1.165, 1.54) is 19.3 Å². The minimum Gasteiger partial charge on any atom is -0.481 e. The number of carboxylic acid groups (broad SMARTS) is 1. The van der Waals surface area contributed by atoms with E-state index >= 15 is 0 Å². The van der Waals surface area contributed by atoms with E-state index < -0.39 is 5.97 Å². The molecule has 1 N–H and O–H groups in total. The highest BCUT2D eigenvalue weighted by Gasteiger charge is 2.63. The van der Waals surface area contributed by atoms with Crippen LogP contribution in [0.1, 0.15) is 65.7 Å². The van der Waals surface area contributed by atoms with Gasteiger partial charge in [0, 0.05) is 12.6 Å². The molecule has 4 heteroatoms. The van der Waals surface area contributed by atoms with E-state index in [2.05, 4.69) is 13.8 Å². The third-order valence-corrected chi connectivity index (χ3v) is 7.41. The number of rotatable bonds is 2. The number of amides is 1. The molecule has 1 amide bonds. The van der Waals surface area contributed by atoms with Crippen LogP contribution in [0.2, 0.25) is 0 Å². The number of nitrogens with zero attached hydrogens (tertiary/aromatic N) is 1. The van der Waals surface area contributed by atoms with Crippen LogP contribution in [-0.4, -0.2) is 34.5 Å². The minimum absolute atomic E-state index is 0.159. The second kappa shape index (κ2) is 4.52. The third kappa shape index (κ3) is 2.16. The zero-order valence-electron chi connectivity index (χ0n) is 14.6. The Hall–Kier alpha value is -1.06. The van der Waals surface area contributed by atoms with Crippen LogP contribution in [-0.2, 0) is 9.59 Å². The van der Waals surface area contributed by atoms with Crippen LogP contribution in [0.15, 0.2) is 0 Å². The van der Waals surface area contributed by atoms with Crippen LogP contribution in [0.5, 0.6) is 0 Å². The average Bonchev–Trinajstić information content (AvgIpc) is 2.75. The van der Waals surface area contributed by atoms with Gasteiger partial charge in [-0.2, -0.15) is 0 Å². The Morgan fingerprint density at radius 1 is 1.04 bits per heavy atom. The fourth-order valence-electron chi connectivity index (χ4n) is 7.55. The molecule has 0 spiro atoms. The highest BCUT2D eigenvalue weighted by Crippen LogP contribution is 2.70. The van der Waals surface area contributed by atoms with Crippen LogP contribution >= 0.6 is 0 Å². The van der Waals surface area contributed by atoms with E-state index in [-0.39, 0.29) is 23.3 Å². The third-order valence-electron chi connectivity index (χ3n) is 7.41. The Balaban J connectivity index is 1.63. The van der Waals surface area contributed by atoms with Crippen LogP contribution < -0.4 is 0 Å². The average molecular weight is 319 g/mol. The normalized spacial score (nSPS) is 51.3. The Morgan fingerprint density at radius 2 is 1.65 bits per heavy atom. The fourth-order valence-corrected chi connectivity index (χ4v) is 7.55. The van der Waals surface area contributed by atoms with Crippen LogP contribution in [0.4, 0.5) is 0 Å². The van der Waals surface area contributed by atoms with Gasteiger partial charge < -0.3 is 10.0 Å². The standard InChI is InChI=1S/C19H29NO3/c1-12-14(15(21)22)4-5-20(12)16(23)19-8-13-6-17(2,10-19)9-18(3,7-13)11-19/h12-14H,4-11H2,1-3H3,(H,21,22). The monoisotopic (exact) mass is 319 g/mol. The van der Waals surface area contributed by atoms with E-state index in [1.54, 1.807) is 0 Å². The Morgan fingerprint density at radius 3 is 2.13 bits per heavy atom. The summed E-state index contributed by atoms with van der Waals surface area (Å²) in [7, 11) is 0. The molecule has 5 rings (SSSR count). The molecular formula is C19H29NO3. The molecule has 1 heterocycles. The van der Waals surface area contributed by atoms with E-state index in [4.69, 9.17) is 0 Å². The first-order chi connectivity index (χ1) is 10.7. The van der Waals surface area contributed by atoms with Crippen molar-refractivity contribution in [3.05, 3.63) is 0 Å². The smallest absolute Gasteiger partial charge is 0.308 e. The molecule has 5 fully saturated rings. The molecule has 0 aromatic heterocycles. The second-order valence-electron chi connectivity index (χ2n) is 9.88. The Bertz CT molecular complexity index is 553. The molecule has 0 aromatic rings. The van der Waals surface area contributed by atoms with Crippen molar-refractivity contribution in [2.24, 2.45) is 28.1 Å². The largest absolute Gasteiger partial charge is 0.481 e. The van der Waals surface area contributed by atoms with E-state index in [1.807, 2.05) is 11.8 Å². The minimum atomic E-state index is -0.753. The number of carbonyl (C=O) groups excluding carboxylic acids is 1. The van der Waals surface area contributed by atoms with Gasteiger partial charge in [0.1, 0.15) is 0 Å². The molecule has 23 heavy (non-hydrogen) atoms. The van der Waals surface area contributed by atoms with Gasteiger partial charge in [0.25, 0.3) is 0 Å². The highest BCUT2D eigenvalue weighted by atomic mass is 16.4. The summed E-state index contributed by atoms with van der Waals surface area (Å²) in [4.78, 5) is 26.8. The van der Waals surface area contributed by atoms with Gasteiger partial charge in [-0.15, -0.1) is 0 Å². The molecule has 128 valence electrons. The maximum atomic E-state index is 13.5. The predicted octanol–water partition coefficient (Wildman–Crippen LogP) is 3.30. The number of carboxylic acids is 1. The Kier molecular flexibility index (Phi) is 3.04. The molecule has 5 aliphatic rings. The van der Waals surface area contributed by atoms with Crippen molar-refractivity contribution in [3.63, 3.8) is 0 Å². The number of hydrogen-bond acceptors (Lipinski definition) is 2. The van der Waals surface area contributed by atoms with Gasteiger partial charge >= 0.3 is 5.97 Å². The first kappa shape index (κ1) is 15.5. The molecule has 0 radical (unpaired) electrons. The van der Waals surface area contributed by atoms with Crippen LogP contribution in [0.25, 0.3) is 0 Å². The van der Waals surface area contributed by atoms with Crippen molar-refractivity contribution in [2.75, 3.05) is 6.54 Å². The predicted molar refractivity (Wildman–Crippen MR) is 86.8 cm³/mol. The summed E-state index contributed by atoms with van der Waals surface area (Å²) in [6.45, 7) is 7.31. The molecule has 4 bridgehead atoms. The first-order valence-corrected chi connectivity index (χ1v) is 9.19. The summed E-state index contributed by atoms with van der Waals surface area (Å²) >= 11 is 0. The number of carbonyl (C=O) groups is 2. The second-order valence-corrected chi connectivity index (χ2v) is 9.88. The Labute approximate surface area is 138 Å². The van der Waals surface area contributed by atoms with Crippen molar-refractivity contribution in [1.29, 1.82) is 0 Å². The quantitative estimate of drug-likeness (QED) is 0.849. The first-order valence-electron chi connectivity index (χ1n) is 9.19. The summed E-state index contributed by atoms with van der Waals surface area (Å²) in [5.74, 6) is -0.176. The molecular weight excluding hydrogens is 290 g/mol. The topological polar surface area (TPSA) is 57.6 Å². The molecule has 4 nitrogen and oxygen atoms in total. The lowest BCUT2D eigenvalue weighted by Gasteiger charge is -2.65. The summed E-state index contributed by atoms with van der Waals surface area (Å²) in [5.41, 5.74) is 0.433. The van der Waals surface area contributed by atoms with Gasteiger partial charge in [-0.05, 0) is 68.6 Å². The molecule has 1 aliphatic heterocycles. The summed E-state index contributed by atoms with van der Waals surface area (Å²) in [5, 5.41) is 9.36. The molecule has 4 aliphatic carbocycles. The lowest BCUT2D eigenvalue weighted by Crippen LogP contribution is -2.60. The van der Waals surface area contributed by atoms with Crippen molar-refractivity contribution in [2.45, 2.75) is 71.8 Å². The molecule has 0 aromatic carbocycles. The maximum absolute atomic E-state index is 13.5. The van der Waals surface area contributed by atoms with Crippen molar-refractivity contribution >= 4 is 11.9 Å². The summed E-state index contributed by atoms with van der Waals surface area (Å²) in [6.07, 6.45) is 7.51. The molecule has 4 atom stereocenters. The summed E-state index contributed by atoms with van der Waals surface area (Å²) < 4.78 is 0. The van der Waals surface area contributed by atoms with E-state index in [0.717, 1.165) is 19.3 Å². The zero-order valence-corrected chi connectivity index (χ0v) is 14.6. The molecule has 1 saturated heterocycles. The van der Waals surface area contributed by atoms with E-state index in [9.17, 15) is 14.7 Å². The fraction of sp³-hybridized carbons (Fsp3) is 0.895. The van der Waals surface area contributed by atoms with Crippen LogP contribution in [0.3, 0.4) is 0 Å². The van der Waals surface area contributed by atoms with Crippen molar-refractivity contribution in [1.82, 2.24) is 4.90 Å². The lowest BCUT2D eigenvalue weighted by atomic mass is 9.40. The zero-order chi connectivity index (χ0) is 16.6. The lowest BCUT2D eigenvalue weighted by molar-refractivity contribution is -0.180. The molecule has 4 unspecified atom stereocenters. The number of aliphatic carboxylic acids is 1.